The monoisotopic (exact) mass is 519 g/mol. The normalized spacial score (nSPS) is 15.4. The Morgan fingerprint density at radius 3 is 2.51 bits per heavy atom. The summed E-state index contributed by atoms with van der Waals surface area (Å²) < 4.78 is 11.9. The van der Waals surface area contributed by atoms with E-state index in [-0.39, 0.29) is 11.4 Å². The van der Waals surface area contributed by atoms with E-state index in [1.54, 1.807) is 17.0 Å². The Bertz CT molecular complexity index is 1240. The Kier molecular flexibility index (Phi) is 9.01. The van der Waals surface area contributed by atoms with E-state index in [0.717, 1.165) is 24.8 Å². The van der Waals surface area contributed by atoms with E-state index in [2.05, 4.69) is 6.92 Å². The van der Waals surface area contributed by atoms with Gasteiger partial charge in [-0.05, 0) is 54.5 Å². The highest BCUT2D eigenvalue weighted by Gasteiger charge is 2.44. The fourth-order valence-electron chi connectivity index (χ4n) is 4.51. The van der Waals surface area contributed by atoms with Crippen LogP contribution in [0.2, 0.25) is 0 Å². The number of aliphatic hydroxyl groups is 1. The van der Waals surface area contributed by atoms with Crippen LogP contribution in [-0.4, -0.2) is 41.5 Å². The number of amides is 1. The van der Waals surface area contributed by atoms with E-state index in [1.807, 2.05) is 60.8 Å². The number of unbranched alkanes of at least 4 members (excludes halogenated alkanes) is 2. The van der Waals surface area contributed by atoms with Gasteiger partial charge in [-0.15, -0.1) is 11.3 Å². The number of rotatable bonds is 13. The molecule has 1 N–H and O–H groups in total. The zero-order chi connectivity index (χ0) is 26.2. The summed E-state index contributed by atoms with van der Waals surface area (Å²) in [6.45, 7) is 5.42. The number of carbonyl (C=O) groups excluding carboxylic acids is 2. The van der Waals surface area contributed by atoms with Gasteiger partial charge in [-0.1, -0.05) is 62.2 Å². The van der Waals surface area contributed by atoms with Gasteiger partial charge in [0, 0.05) is 6.54 Å². The largest absolute Gasteiger partial charge is 0.503 e. The summed E-state index contributed by atoms with van der Waals surface area (Å²) in [4.78, 5) is 28.9. The minimum absolute atomic E-state index is 0.0968. The number of carbonyl (C=O) groups is 2. The van der Waals surface area contributed by atoms with Crippen LogP contribution in [-0.2, 0) is 11.2 Å². The van der Waals surface area contributed by atoms with E-state index in [4.69, 9.17) is 9.47 Å². The van der Waals surface area contributed by atoms with E-state index in [9.17, 15) is 14.7 Å². The summed E-state index contributed by atoms with van der Waals surface area (Å²) in [7, 11) is 0. The van der Waals surface area contributed by atoms with Gasteiger partial charge in [0.05, 0.1) is 29.7 Å². The highest BCUT2D eigenvalue weighted by atomic mass is 32.1. The molecule has 1 amide bonds. The second-order valence-corrected chi connectivity index (χ2v) is 9.85. The molecule has 2 aromatic carbocycles. The lowest BCUT2D eigenvalue weighted by molar-refractivity contribution is -0.129. The SMILES string of the molecule is CCCCCOc1ccc(C2C(C(=O)c3cccs3)=C(O)C(=O)N2CCc2ccccc2)cc1OCC. The molecule has 3 aromatic rings. The number of Topliss-reactive ketones (excluding diaryl/α,β-unsaturated/α-hetero) is 1. The smallest absolute Gasteiger partial charge is 0.290 e. The number of hydrogen-bond donors (Lipinski definition) is 1. The van der Waals surface area contributed by atoms with Crippen LogP contribution < -0.4 is 9.47 Å². The maximum Gasteiger partial charge on any atom is 0.290 e. The number of ketones is 1. The molecule has 0 bridgehead atoms. The molecule has 0 saturated carbocycles. The number of ether oxygens (including phenoxy) is 2. The third kappa shape index (κ3) is 6.05. The van der Waals surface area contributed by atoms with E-state index < -0.39 is 17.7 Å². The lowest BCUT2D eigenvalue weighted by Gasteiger charge is -2.27. The fraction of sp³-hybridized carbons (Fsp3) is 0.333. The van der Waals surface area contributed by atoms with E-state index in [0.29, 0.717) is 48.1 Å². The van der Waals surface area contributed by atoms with Crippen LogP contribution in [0.3, 0.4) is 0 Å². The van der Waals surface area contributed by atoms with Crippen LogP contribution in [0, 0.1) is 0 Å². The average molecular weight is 520 g/mol. The van der Waals surface area contributed by atoms with Gasteiger partial charge in [0.1, 0.15) is 0 Å². The summed E-state index contributed by atoms with van der Waals surface area (Å²) in [6, 6.07) is 18.1. The molecule has 6 nitrogen and oxygen atoms in total. The highest BCUT2D eigenvalue weighted by Crippen LogP contribution is 2.42. The number of hydrogen-bond acceptors (Lipinski definition) is 6. The van der Waals surface area contributed by atoms with Crippen molar-refractivity contribution in [2.45, 2.75) is 45.6 Å². The van der Waals surface area contributed by atoms with Gasteiger partial charge in [0.15, 0.2) is 17.3 Å². The zero-order valence-corrected chi connectivity index (χ0v) is 22.1. The zero-order valence-electron chi connectivity index (χ0n) is 21.3. The topological polar surface area (TPSA) is 76.1 Å². The average Bonchev–Trinajstić information content (AvgIpc) is 3.54. The van der Waals surface area contributed by atoms with Crippen molar-refractivity contribution in [2.24, 2.45) is 0 Å². The van der Waals surface area contributed by atoms with Crippen molar-refractivity contribution in [1.29, 1.82) is 0 Å². The second kappa shape index (κ2) is 12.6. The third-order valence-corrected chi connectivity index (χ3v) is 7.23. The highest BCUT2D eigenvalue weighted by molar-refractivity contribution is 7.12. The quantitative estimate of drug-likeness (QED) is 0.205. The van der Waals surface area contributed by atoms with Gasteiger partial charge in [0.2, 0.25) is 5.78 Å². The molecule has 1 unspecified atom stereocenters. The van der Waals surface area contributed by atoms with Crippen molar-refractivity contribution >= 4 is 23.0 Å². The van der Waals surface area contributed by atoms with Gasteiger partial charge >= 0.3 is 0 Å². The maximum atomic E-state index is 13.5. The maximum absolute atomic E-state index is 13.5. The van der Waals surface area contributed by atoms with Crippen LogP contribution >= 0.6 is 11.3 Å². The Hall–Kier alpha value is -3.58. The van der Waals surface area contributed by atoms with Gasteiger partial charge in [-0.25, -0.2) is 0 Å². The number of aliphatic hydroxyl groups excluding tert-OH is 1. The Labute approximate surface area is 222 Å². The van der Waals surface area contributed by atoms with Gasteiger partial charge < -0.3 is 19.5 Å². The third-order valence-electron chi connectivity index (χ3n) is 6.37. The van der Waals surface area contributed by atoms with E-state index in [1.165, 1.54) is 11.3 Å². The summed E-state index contributed by atoms with van der Waals surface area (Å²) in [5, 5.41) is 12.7. The lowest BCUT2D eigenvalue weighted by Crippen LogP contribution is -2.33. The summed E-state index contributed by atoms with van der Waals surface area (Å²) in [6.07, 6.45) is 3.73. The molecular formula is C30H33NO5S. The van der Waals surface area contributed by atoms with Crippen LogP contribution in [0.1, 0.15) is 60.0 Å². The standard InChI is InChI=1S/C30H33NO5S/c1-3-5-9-18-36-23-15-14-22(20-24(23)35-4-2)27-26(28(32)25-13-10-19-37-25)29(33)30(34)31(27)17-16-21-11-7-6-8-12-21/h6-8,10-15,19-20,27,33H,3-5,9,16-18H2,1-2H3. The van der Waals surface area contributed by atoms with Gasteiger partial charge in [0.25, 0.3) is 5.91 Å². The lowest BCUT2D eigenvalue weighted by atomic mass is 9.95. The van der Waals surface area contributed by atoms with Crippen molar-refractivity contribution in [1.82, 2.24) is 4.90 Å². The molecule has 1 aliphatic heterocycles. The molecule has 1 aliphatic rings. The molecule has 37 heavy (non-hydrogen) atoms. The Morgan fingerprint density at radius 1 is 1.00 bits per heavy atom. The first kappa shape index (κ1) is 26.5. The van der Waals surface area contributed by atoms with Gasteiger partial charge in [-0.2, -0.15) is 0 Å². The predicted molar refractivity (Wildman–Crippen MR) is 146 cm³/mol. The minimum Gasteiger partial charge on any atom is -0.503 e. The Morgan fingerprint density at radius 2 is 1.81 bits per heavy atom. The Balaban J connectivity index is 1.70. The predicted octanol–water partition coefficient (Wildman–Crippen LogP) is 6.54. The van der Waals surface area contributed by atoms with Crippen molar-refractivity contribution < 1.29 is 24.2 Å². The van der Waals surface area contributed by atoms with Crippen molar-refractivity contribution in [3.63, 3.8) is 0 Å². The molecule has 1 atom stereocenters. The molecule has 1 aromatic heterocycles. The summed E-state index contributed by atoms with van der Waals surface area (Å²) in [5.74, 6) is -0.193. The summed E-state index contributed by atoms with van der Waals surface area (Å²) in [5.41, 5.74) is 1.85. The first-order valence-electron chi connectivity index (χ1n) is 12.8. The number of thiophene rings is 1. The van der Waals surface area contributed by atoms with Crippen molar-refractivity contribution in [2.75, 3.05) is 19.8 Å². The minimum atomic E-state index is -0.737. The number of nitrogens with zero attached hydrogens (tertiary/aromatic N) is 1. The molecule has 194 valence electrons. The van der Waals surface area contributed by atoms with Crippen LogP contribution in [0.15, 0.2) is 77.4 Å². The molecule has 4 rings (SSSR count). The summed E-state index contributed by atoms with van der Waals surface area (Å²) >= 11 is 1.29. The van der Waals surface area contributed by atoms with Crippen LogP contribution in [0.25, 0.3) is 0 Å². The van der Waals surface area contributed by atoms with Crippen LogP contribution in [0.5, 0.6) is 11.5 Å². The van der Waals surface area contributed by atoms with Crippen LogP contribution in [0.4, 0.5) is 0 Å². The van der Waals surface area contributed by atoms with E-state index >= 15 is 0 Å². The molecule has 0 saturated heterocycles. The van der Waals surface area contributed by atoms with Crippen molar-refractivity contribution in [3.05, 3.63) is 93.4 Å². The molecular weight excluding hydrogens is 486 g/mol. The second-order valence-electron chi connectivity index (χ2n) is 8.90. The van der Waals surface area contributed by atoms with Crippen molar-refractivity contribution in [3.8, 4) is 11.5 Å². The first-order valence-corrected chi connectivity index (χ1v) is 13.7. The molecule has 0 spiro atoms. The number of benzene rings is 2. The molecule has 0 radical (unpaired) electrons. The first-order chi connectivity index (χ1) is 18.0. The molecule has 0 aliphatic carbocycles. The van der Waals surface area contributed by atoms with Gasteiger partial charge in [-0.3, -0.25) is 9.59 Å². The molecule has 2 heterocycles. The molecule has 7 heteroatoms. The fourth-order valence-corrected chi connectivity index (χ4v) is 5.19. The molecule has 0 fully saturated rings.